The van der Waals surface area contributed by atoms with E-state index in [2.05, 4.69) is 5.32 Å². The third-order valence-electron chi connectivity index (χ3n) is 4.11. The lowest BCUT2D eigenvalue weighted by Gasteiger charge is -2.10. The Labute approximate surface area is 173 Å². The third-order valence-corrected chi connectivity index (χ3v) is 5.75. The Morgan fingerprint density at radius 2 is 1.68 bits per heavy atom. The van der Waals surface area contributed by atoms with E-state index in [1.54, 1.807) is 28.8 Å². The predicted octanol–water partition coefficient (Wildman–Crippen LogP) is 5.20. The van der Waals surface area contributed by atoms with Crippen molar-refractivity contribution in [1.29, 1.82) is 0 Å². The minimum absolute atomic E-state index is 0.201. The van der Waals surface area contributed by atoms with Crippen LogP contribution in [-0.2, 0) is 0 Å². The number of fused-ring (bicyclic) bond motifs is 1. The van der Waals surface area contributed by atoms with Crippen LogP contribution in [-0.4, -0.2) is 10.5 Å². The van der Waals surface area contributed by atoms with Gasteiger partial charge in [0.15, 0.2) is 0 Å². The second-order valence-electron chi connectivity index (χ2n) is 6.01. The maximum Gasteiger partial charge on any atom is 0.261 e. The number of nitrogens with two attached hydrogens (primary N) is 1. The molecule has 0 atom stereocenters. The molecular weight excluding hydrogens is 417 g/mol. The van der Waals surface area contributed by atoms with Gasteiger partial charge in [-0.2, -0.15) is 0 Å². The van der Waals surface area contributed by atoms with Gasteiger partial charge in [0.25, 0.3) is 11.5 Å². The van der Waals surface area contributed by atoms with E-state index < -0.39 is 5.91 Å². The number of carbonyl (C=O) groups is 1. The highest BCUT2D eigenvalue weighted by molar-refractivity contribution is 7.21. The number of anilines is 2. The average molecular weight is 430 g/mol. The van der Waals surface area contributed by atoms with Gasteiger partial charge in [-0.3, -0.25) is 14.2 Å². The molecule has 4 aromatic rings. The first-order chi connectivity index (χ1) is 13.4. The molecule has 3 N–H and O–H groups in total. The summed E-state index contributed by atoms with van der Waals surface area (Å²) in [4.78, 5) is 25.6. The Balaban J connectivity index is 1.97. The number of nitrogens with one attached hydrogen (secondary N) is 1. The third kappa shape index (κ3) is 3.38. The van der Waals surface area contributed by atoms with Crippen molar-refractivity contribution in [3.63, 3.8) is 0 Å². The van der Waals surface area contributed by atoms with E-state index >= 15 is 0 Å². The van der Waals surface area contributed by atoms with Crippen LogP contribution in [0, 0.1) is 0 Å². The molecule has 140 valence electrons. The summed E-state index contributed by atoms with van der Waals surface area (Å²) in [7, 11) is 0. The molecule has 2 aromatic carbocycles. The minimum Gasteiger partial charge on any atom is -0.365 e. The van der Waals surface area contributed by atoms with Crippen LogP contribution >= 0.6 is 34.5 Å². The summed E-state index contributed by atoms with van der Waals surface area (Å²) >= 11 is 13.3. The summed E-state index contributed by atoms with van der Waals surface area (Å²) in [6.45, 7) is 0. The zero-order valence-corrected chi connectivity index (χ0v) is 16.6. The van der Waals surface area contributed by atoms with Crippen molar-refractivity contribution in [2.75, 3.05) is 5.32 Å². The van der Waals surface area contributed by atoms with E-state index in [9.17, 15) is 9.59 Å². The molecule has 0 fully saturated rings. The highest BCUT2D eigenvalue weighted by atomic mass is 35.5. The first kappa shape index (κ1) is 18.6. The van der Waals surface area contributed by atoms with Gasteiger partial charge >= 0.3 is 0 Å². The van der Waals surface area contributed by atoms with Gasteiger partial charge in [0.2, 0.25) is 0 Å². The van der Waals surface area contributed by atoms with Crippen molar-refractivity contribution in [2.24, 2.45) is 5.73 Å². The van der Waals surface area contributed by atoms with E-state index in [4.69, 9.17) is 28.9 Å². The van der Waals surface area contributed by atoms with Crippen molar-refractivity contribution in [2.45, 2.75) is 0 Å². The molecule has 2 aromatic heterocycles. The summed E-state index contributed by atoms with van der Waals surface area (Å²) in [5, 5.41) is 4.78. The topological polar surface area (TPSA) is 77.1 Å². The summed E-state index contributed by atoms with van der Waals surface area (Å²) in [6.07, 6.45) is 0. The molecule has 5 nitrogen and oxygen atoms in total. The summed E-state index contributed by atoms with van der Waals surface area (Å²) in [6, 6.07) is 17.3. The number of primary amides is 1. The summed E-state index contributed by atoms with van der Waals surface area (Å²) in [5.74, 6) is -0.594. The Morgan fingerprint density at radius 1 is 1.00 bits per heavy atom. The number of rotatable bonds is 4. The molecule has 0 aliphatic carbocycles. The molecule has 8 heteroatoms. The smallest absolute Gasteiger partial charge is 0.261 e. The molecule has 0 aliphatic heterocycles. The normalized spacial score (nSPS) is 10.9. The highest BCUT2D eigenvalue weighted by Crippen LogP contribution is 2.38. The maximum atomic E-state index is 12.6. The van der Waals surface area contributed by atoms with Gasteiger partial charge in [0.05, 0.1) is 11.4 Å². The number of hydrogen-bond donors (Lipinski definition) is 2. The molecule has 0 saturated heterocycles. The quantitative estimate of drug-likeness (QED) is 0.467. The van der Waals surface area contributed by atoms with E-state index in [-0.39, 0.29) is 5.56 Å². The number of benzene rings is 2. The Morgan fingerprint density at radius 3 is 2.32 bits per heavy atom. The van der Waals surface area contributed by atoms with Gasteiger partial charge in [0, 0.05) is 27.2 Å². The standard InChI is InChI=1S/C20H13Cl2N3O2S/c21-11-8-12(22)10-13(9-11)24-17-15-6-7-16(26)25(14-4-2-1-3-5-14)20(15)28-18(17)19(23)27/h1-10,24H,(H2,23,27). The van der Waals surface area contributed by atoms with Gasteiger partial charge in [-0.1, -0.05) is 41.4 Å². The van der Waals surface area contributed by atoms with E-state index in [0.29, 0.717) is 42.2 Å². The van der Waals surface area contributed by atoms with Crippen molar-refractivity contribution in [3.05, 3.63) is 85.9 Å². The number of halogens is 2. The molecule has 0 spiro atoms. The molecule has 0 saturated carbocycles. The fourth-order valence-electron chi connectivity index (χ4n) is 2.97. The molecule has 0 bridgehead atoms. The lowest BCUT2D eigenvalue weighted by atomic mass is 10.2. The van der Waals surface area contributed by atoms with E-state index in [1.165, 1.54) is 6.07 Å². The zero-order valence-electron chi connectivity index (χ0n) is 14.3. The minimum atomic E-state index is -0.594. The predicted molar refractivity (Wildman–Crippen MR) is 116 cm³/mol. The van der Waals surface area contributed by atoms with Crippen molar-refractivity contribution >= 4 is 62.0 Å². The number of carbonyl (C=O) groups excluding carboxylic acids is 1. The van der Waals surface area contributed by atoms with E-state index in [0.717, 1.165) is 11.3 Å². The number of para-hydroxylation sites is 1. The van der Waals surface area contributed by atoms with E-state index in [1.807, 2.05) is 30.3 Å². The second-order valence-corrected chi connectivity index (χ2v) is 7.89. The molecule has 0 aliphatic rings. The molecule has 0 radical (unpaired) electrons. The van der Waals surface area contributed by atoms with Crippen LogP contribution in [0.1, 0.15) is 9.67 Å². The Bertz CT molecular complexity index is 1250. The average Bonchev–Trinajstić information content (AvgIpc) is 3.00. The van der Waals surface area contributed by atoms with Gasteiger partial charge in [-0.25, -0.2) is 0 Å². The number of hydrogen-bond acceptors (Lipinski definition) is 4. The van der Waals surface area contributed by atoms with Crippen LogP contribution < -0.4 is 16.6 Å². The van der Waals surface area contributed by atoms with Crippen molar-refractivity contribution in [3.8, 4) is 5.69 Å². The second kappa shape index (κ2) is 7.31. The molecule has 4 rings (SSSR count). The Kier molecular flexibility index (Phi) is 4.85. The number of nitrogens with zero attached hydrogens (tertiary/aromatic N) is 1. The van der Waals surface area contributed by atoms with Gasteiger partial charge in [-0.15, -0.1) is 11.3 Å². The van der Waals surface area contributed by atoms with Crippen LogP contribution in [0.5, 0.6) is 0 Å². The van der Waals surface area contributed by atoms with Crippen LogP contribution in [0.4, 0.5) is 11.4 Å². The number of pyridine rings is 1. The van der Waals surface area contributed by atoms with Crippen LogP contribution in [0.3, 0.4) is 0 Å². The highest BCUT2D eigenvalue weighted by Gasteiger charge is 2.20. The van der Waals surface area contributed by atoms with Crippen molar-refractivity contribution in [1.82, 2.24) is 4.57 Å². The maximum absolute atomic E-state index is 12.6. The van der Waals surface area contributed by atoms with Gasteiger partial charge in [0.1, 0.15) is 9.71 Å². The summed E-state index contributed by atoms with van der Waals surface area (Å²) in [5.41, 5.74) is 7.23. The largest absolute Gasteiger partial charge is 0.365 e. The first-order valence-corrected chi connectivity index (χ1v) is 9.78. The fraction of sp³-hybridized carbons (Fsp3) is 0. The zero-order chi connectivity index (χ0) is 19.8. The SMILES string of the molecule is NC(=O)c1sc2c(ccc(=O)n2-c2ccccc2)c1Nc1cc(Cl)cc(Cl)c1. The van der Waals surface area contributed by atoms with Gasteiger partial charge < -0.3 is 11.1 Å². The van der Waals surface area contributed by atoms with Crippen LogP contribution in [0.2, 0.25) is 10.0 Å². The lowest BCUT2D eigenvalue weighted by Crippen LogP contribution is -2.16. The number of thiophene rings is 1. The molecule has 2 heterocycles. The number of aromatic nitrogens is 1. The monoisotopic (exact) mass is 429 g/mol. The summed E-state index contributed by atoms with van der Waals surface area (Å²) < 4.78 is 1.56. The molecular formula is C20H13Cl2N3O2S. The van der Waals surface area contributed by atoms with Crippen LogP contribution in [0.25, 0.3) is 15.9 Å². The number of amides is 1. The molecule has 0 unspecified atom stereocenters. The van der Waals surface area contributed by atoms with Gasteiger partial charge in [-0.05, 0) is 36.4 Å². The molecule has 28 heavy (non-hydrogen) atoms. The van der Waals surface area contributed by atoms with Crippen molar-refractivity contribution < 1.29 is 4.79 Å². The van der Waals surface area contributed by atoms with Crippen LogP contribution in [0.15, 0.2) is 65.5 Å². The lowest BCUT2D eigenvalue weighted by molar-refractivity contribution is 0.100. The first-order valence-electron chi connectivity index (χ1n) is 8.21. The fourth-order valence-corrected chi connectivity index (χ4v) is 4.62. The molecule has 1 amide bonds. The Hall–Kier alpha value is -2.80.